The molecule has 4 aromatic rings. The van der Waals surface area contributed by atoms with E-state index in [1.807, 2.05) is 49.9 Å². The molecule has 0 bridgehead atoms. The first-order chi connectivity index (χ1) is 15.3. The smallest absolute Gasteiger partial charge is 0.303 e. The molecule has 0 spiro atoms. The molecule has 1 aromatic carbocycles. The van der Waals surface area contributed by atoms with Crippen molar-refractivity contribution in [2.45, 2.75) is 39.2 Å². The van der Waals surface area contributed by atoms with Crippen LogP contribution in [0, 0.1) is 0 Å². The Morgan fingerprint density at radius 1 is 1.31 bits per heavy atom. The number of fused-ring (bicyclic) bond motifs is 1. The lowest BCUT2D eigenvalue weighted by Crippen LogP contribution is -2.07. The Labute approximate surface area is 189 Å². The van der Waals surface area contributed by atoms with E-state index < -0.39 is 5.97 Å². The van der Waals surface area contributed by atoms with Gasteiger partial charge in [0.05, 0.1) is 17.2 Å². The zero-order valence-corrected chi connectivity index (χ0v) is 18.8. The van der Waals surface area contributed by atoms with E-state index in [2.05, 4.69) is 15.1 Å². The molecule has 0 atom stereocenters. The van der Waals surface area contributed by atoms with Crippen LogP contribution in [0.5, 0.6) is 5.88 Å². The molecule has 4 rings (SSSR count). The van der Waals surface area contributed by atoms with E-state index in [1.54, 1.807) is 12.3 Å². The number of aliphatic carboxylic acids is 1. The van der Waals surface area contributed by atoms with Gasteiger partial charge >= 0.3 is 5.97 Å². The number of hydrogen-bond donors (Lipinski definition) is 1. The van der Waals surface area contributed by atoms with Gasteiger partial charge in [0.25, 0.3) is 5.89 Å². The van der Waals surface area contributed by atoms with Crippen molar-refractivity contribution < 1.29 is 19.2 Å². The van der Waals surface area contributed by atoms with E-state index >= 15 is 0 Å². The molecule has 0 unspecified atom stereocenters. The molecule has 32 heavy (non-hydrogen) atoms. The van der Waals surface area contributed by atoms with E-state index in [0.717, 1.165) is 22.0 Å². The van der Waals surface area contributed by atoms with E-state index in [-0.39, 0.29) is 12.5 Å². The summed E-state index contributed by atoms with van der Waals surface area (Å²) in [7, 11) is 1.95. The normalized spacial score (nSPS) is 11.4. The van der Waals surface area contributed by atoms with Gasteiger partial charge in [-0.15, -0.1) is 0 Å². The van der Waals surface area contributed by atoms with Crippen molar-refractivity contribution in [2.75, 3.05) is 0 Å². The molecule has 0 aliphatic rings. The number of aryl methyl sites for hydroxylation is 2. The molecule has 0 saturated carbocycles. The van der Waals surface area contributed by atoms with Crippen LogP contribution in [0.4, 0.5) is 0 Å². The van der Waals surface area contributed by atoms with Gasteiger partial charge in [0.1, 0.15) is 5.02 Å². The van der Waals surface area contributed by atoms with Gasteiger partial charge in [-0.1, -0.05) is 22.8 Å². The SMILES string of the molecule is CC(C)Oc1ncc(-c2nc(-c3ccc(CCCC(=O)O)c4ccn(C)c34)no2)cc1Cl. The maximum absolute atomic E-state index is 10.9. The van der Waals surface area contributed by atoms with Gasteiger partial charge in [-0.05, 0) is 50.5 Å². The monoisotopic (exact) mass is 454 g/mol. The lowest BCUT2D eigenvalue weighted by molar-refractivity contribution is -0.137. The summed E-state index contributed by atoms with van der Waals surface area (Å²) in [6, 6.07) is 7.64. The average molecular weight is 455 g/mol. The second-order valence-corrected chi connectivity index (χ2v) is 8.22. The molecule has 0 amide bonds. The number of carboxylic acids is 1. The van der Waals surface area contributed by atoms with Crippen molar-refractivity contribution in [3.8, 4) is 28.7 Å². The van der Waals surface area contributed by atoms with Crippen LogP contribution >= 0.6 is 11.6 Å². The molecule has 0 radical (unpaired) electrons. The van der Waals surface area contributed by atoms with Gasteiger partial charge in [0, 0.05) is 36.8 Å². The van der Waals surface area contributed by atoms with Gasteiger partial charge in [-0.25, -0.2) is 4.98 Å². The zero-order chi connectivity index (χ0) is 22.8. The number of aromatic nitrogens is 4. The zero-order valence-electron chi connectivity index (χ0n) is 18.0. The largest absolute Gasteiger partial charge is 0.481 e. The summed E-state index contributed by atoms with van der Waals surface area (Å²) in [5, 5.41) is 14.5. The van der Waals surface area contributed by atoms with Gasteiger partial charge < -0.3 is 18.9 Å². The second-order valence-electron chi connectivity index (χ2n) is 7.81. The fourth-order valence-corrected chi connectivity index (χ4v) is 3.82. The van der Waals surface area contributed by atoms with Crippen LogP contribution in [0.2, 0.25) is 5.02 Å². The summed E-state index contributed by atoms with van der Waals surface area (Å²) in [6.07, 6.45) is 4.91. The van der Waals surface area contributed by atoms with Crippen LogP contribution in [0.3, 0.4) is 0 Å². The number of pyridine rings is 1. The number of hydrogen-bond acceptors (Lipinski definition) is 6. The summed E-state index contributed by atoms with van der Waals surface area (Å²) in [6.45, 7) is 3.80. The fourth-order valence-electron chi connectivity index (χ4n) is 3.61. The fraction of sp³-hybridized carbons (Fsp3) is 0.304. The molecule has 0 fully saturated rings. The highest BCUT2D eigenvalue weighted by Gasteiger charge is 2.18. The Morgan fingerprint density at radius 2 is 2.12 bits per heavy atom. The summed E-state index contributed by atoms with van der Waals surface area (Å²) in [5.41, 5.74) is 3.47. The molecule has 3 aromatic heterocycles. The number of carboxylic acid groups (broad SMARTS) is 1. The summed E-state index contributed by atoms with van der Waals surface area (Å²) in [4.78, 5) is 19.7. The van der Waals surface area contributed by atoms with Crippen LogP contribution in [0.15, 0.2) is 41.2 Å². The predicted molar refractivity (Wildman–Crippen MR) is 121 cm³/mol. The molecule has 0 aliphatic carbocycles. The third kappa shape index (κ3) is 4.45. The molecule has 9 heteroatoms. The Morgan fingerprint density at radius 3 is 2.84 bits per heavy atom. The Kier molecular flexibility index (Phi) is 6.14. The molecule has 8 nitrogen and oxygen atoms in total. The lowest BCUT2D eigenvalue weighted by Gasteiger charge is -2.09. The molecule has 0 aliphatic heterocycles. The summed E-state index contributed by atoms with van der Waals surface area (Å²) >= 11 is 6.29. The molecule has 3 heterocycles. The molecule has 166 valence electrons. The lowest BCUT2D eigenvalue weighted by atomic mass is 10.0. The van der Waals surface area contributed by atoms with Gasteiger partial charge in [-0.3, -0.25) is 4.79 Å². The van der Waals surface area contributed by atoms with Crippen molar-refractivity contribution in [2.24, 2.45) is 7.05 Å². The first-order valence-electron chi connectivity index (χ1n) is 10.3. The predicted octanol–water partition coefficient (Wildman–Crippen LogP) is 5.14. The molecule has 0 saturated heterocycles. The summed E-state index contributed by atoms with van der Waals surface area (Å²) < 4.78 is 13.1. The number of carbonyl (C=O) groups is 1. The Bertz CT molecular complexity index is 1280. The third-order valence-electron chi connectivity index (χ3n) is 5.03. The van der Waals surface area contributed by atoms with Gasteiger partial charge in [-0.2, -0.15) is 4.98 Å². The second kappa shape index (κ2) is 9.00. The van der Waals surface area contributed by atoms with Crippen molar-refractivity contribution >= 4 is 28.5 Å². The van der Waals surface area contributed by atoms with Crippen molar-refractivity contribution in [1.29, 1.82) is 0 Å². The number of benzene rings is 1. The van der Waals surface area contributed by atoms with Crippen molar-refractivity contribution in [3.63, 3.8) is 0 Å². The maximum Gasteiger partial charge on any atom is 0.303 e. The molecular formula is C23H23ClN4O4. The van der Waals surface area contributed by atoms with Gasteiger partial charge in [0.2, 0.25) is 11.7 Å². The van der Waals surface area contributed by atoms with E-state index in [0.29, 0.717) is 41.0 Å². The van der Waals surface area contributed by atoms with Crippen LogP contribution in [-0.4, -0.2) is 36.9 Å². The quantitative estimate of drug-likeness (QED) is 0.393. The van der Waals surface area contributed by atoms with E-state index in [4.69, 9.17) is 26.0 Å². The first-order valence-corrected chi connectivity index (χ1v) is 10.7. The van der Waals surface area contributed by atoms with E-state index in [1.165, 1.54) is 0 Å². The molecule has 1 N–H and O–H groups in total. The minimum atomic E-state index is -0.788. The third-order valence-corrected chi connectivity index (χ3v) is 5.30. The maximum atomic E-state index is 10.9. The van der Waals surface area contributed by atoms with Crippen LogP contribution in [0.1, 0.15) is 32.3 Å². The Balaban J connectivity index is 1.66. The highest BCUT2D eigenvalue weighted by molar-refractivity contribution is 6.32. The number of rotatable bonds is 8. The summed E-state index contributed by atoms with van der Waals surface area (Å²) in [5.74, 6) is 0.318. The van der Waals surface area contributed by atoms with Crippen LogP contribution < -0.4 is 4.74 Å². The number of ether oxygens (including phenoxy) is 1. The number of nitrogens with zero attached hydrogens (tertiary/aromatic N) is 4. The minimum Gasteiger partial charge on any atom is -0.481 e. The molecular weight excluding hydrogens is 432 g/mol. The highest BCUT2D eigenvalue weighted by Crippen LogP contribution is 2.33. The van der Waals surface area contributed by atoms with Crippen LogP contribution in [0.25, 0.3) is 33.7 Å². The van der Waals surface area contributed by atoms with Crippen molar-refractivity contribution in [1.82, 2.24) is 19.7 Å². The topological polar surface area (TPSA) is 103 Å². The average Bonchev–Trinajstić information content (AvgIpc) is 3.37. The first kappa shape index (κ1) is 21.8. The van der Waals surface area contributed by atoms with Crippen LogP contribution in [-0.2, 0) is 18.3 Å². The minimum absolute atomic E-state index is 0.0411. The Hall–Kier alpha value is -3.39. The highest BCUT2D eigenvalue weighted by atomic mass is 35.5. The van der Waals surface area contributed by atoms with E-state index in [9.17, 15) is 4.79 Å². The van der Waals surface area contributed by atoms with Crippen molar-refractivity contribution in [3.05, 3.63) is 47.2 Å². The standard InChI is InChI=1S/C23H23ClN4O4/c1-13(2)31-23-18(24)11-15(12-25-23)22-26-21(27-32-22)17-8-7-14(5-4-6-19(29)30)16-9-10-28(3)20(16)17/h7-13H,4-6H2,1-3H3,(H,29,30). The van der Waals surface area contributed by atoms with Gasteiger partial charge in [0.15, 0.2) is 0 Å². The number of halogens is 1.